The van der Waals surface area contributed by atoms with Crippen molar-refractivity contribution in [1.82, 2.24) is 0 Å². The molecule has 3 nitrogen and oxygen atoms in total. The van der Waals surface area contributed by atoms with Crippen molar-refractivity contribution in [3.05, 3.63) is 24.2 Å². The summed E-state index contributed by atoms with van der Waals surface area (Å²) in [6.07, 6.45) is 6.44. The molecule has 78 valence electrons. The van der Waals surface area contributed by atoms with Crippen LogP contribution >= 0.6 is 0 Å². The molecule has 1 aliphatic heterocycles. The summed E-state index contributed by atoms with van der Waals surface area (Å²) in [5.41, 5.74) is 7.14. The first kappa shape index (κ1) is 9.74. The van der Waals surface area contributed by atoms with Crippen LogP contribution in [-0.2, 0) is 11.2 Å². The molecule has 0 aromatic carbocycles. The van der Waals surface area contributed by atoms with Gasteiger partial charge in [0.25, 0.3) is 0 Å². The molecule has 0 radical (unpaired) electrons. The van der Waals surface area contributed by atoms with E-state index in [-0.39, 0.29) is 11.6 Å². The minimum absolute atomic E-state index is 0.0580. The first-order valence-electron chi connectivity index (χ1n) is 5.11. The highest BCUT2D eigenvalue weighted by atomic mass is 16.5. The summed E-state index contributed by atoms with van der Waals surface area (Å²) in [5, 5.41) is 0. The van der Waals surface area contributed by atoms with E-state index in [4.69, 9.17) is 14.9 Å². The number of nitrogens with two attached hydrogens (primary N) is 1. The van der Waals surface area contributed by atoms with Crippen LogP contribution in [-0.4, -0.2) is 18.2 Å². The Bertz CT molecular complexity index is 275. The van der Waals surface area contributed by atoms with Crippen LogP contribution in [0.1, 0.15) is 25.3 Å². The fourth-order valence-corrected chi connectivity index (χ4v) is 1.97. The molecule has 14 heavy (non-hydrogen) atoms. The third-order valence-corrected chi connectivity index (χ3v) is 3.07. The topological polar surface area (TPSA) is 48.4 Å². The maximum Gasteiger partial charge on any atom is 0.0935 e. The zero-order valence-corrected chi connectivity index (χ0v) is 8.53. The quantitative estimate of drug-likeness (QED) is 0.798. The third kappa shape index (κ3) is 1.83. The lowest BCUT2D eigenvalue weighted by molar-refractivity contribution is -0.000927. The lowest BCUT2D eigenvalue weighted by atomic mass is 9.90. The molecule has 2 atom stereocenters. The number of furan rings is 1. The summed E-state index contributed by atoms with van der Waals surface area (Å²) >= 11 is 0. The van der Waals surface area contributed by atoms with Crippen molar-refractivity contribution >= 4 is 0 Å². The van der Waals surface area contributed by atoms with Gasteiger partial charge in [-0.05, 0) is 37.8 Å². The standard InChI is InChI=1S/C11H17NO2/c1-11(4-2-5-14-11)10(12)7-9-3-6-13-8-9/h3,6,8,10H,2,4-5,7,12H2,1H3. The molecule has 1 fully saturated rings. The van der Waals surface area contributed by atoms with Gasteiger partial charge in [-0.15, -0.1) is 0 Å². The molecule has 0 bridgehead atoms. The van der Waals surface area contributed by atoms with Gasteiger partial charge in [-0.25, -0.2) is 0 Å². The molecule has 3 heteroatoms. The molecule has 1 aromatic rings. The van der Waals surface area contributed by atoms with Crippen molar-refractivity contribution in [1.29, 1.82) is 0 Å². The van der Waals surface area contributed by atoms with E-state index in [1.807, 2.05) is 6.07 Å². The van der Waals surface area contributed by atoms with Gasteiger partial charge in [0, 0.05) is 12.6 Å². The Morgan fingerprint density at radius 2 is 2.50 bits per heavy atom. The Kier molecular flexibility index (Phi) is 2.61. The van der Waals surface area contributed by atoms with Crippen molar-refractivity contribution in [3.8, 4) is 0 Å². The second kappa shape index (κ2) is 3.75. The summed E-state index contributed by atoms with van der Waals surface area (Å²) in [4.78, 5) is 0. The molecule has 0 spiro atoms. The smallest absolute Gasteiger partial charge is 0.0935 e. The Labute approximate surface area is 84.2 Å². The molecule has 2 N–H and O–H groups in total. The predicted molar refractivity (Wildman–Crippen MR) is 54.0 cm³/mol. The normalized spacial score (nSPS) is 29.3. The highest BCUT2D eigenvalue weighted by Crippen LogP contribution is 2.29. The average molecular weight is 195 g/mol. The van der Waals surface area contributed by atoms with E-state index in [1.165, 1.54) is 0 Å². The molecule has 1 aliphatic rings. The van der Waals surface area contributed by atoms with E-state index in [0.29, 0.717) is 0 Å². The van der Waals surface area contributed by atoms with E-state index in [0.717, 1.165) is 31.4 Å². The Balaban J connectivity index is 1.98. The largest absolute Gasteiger partial charge is 0.472 e. The van der Waals surface area contributed by atoms with Gasteiger partial charge in [-0.1, -0.05) is 0 Å². The molecule has 2 rings (SSSR count). The monoisotopic (exact) mass is 195 g/mol. The van der Waals surface area contributed by atoms with Gasteiger partial charge in [0.05, 0.1) is 18.1 Å². The summed E-state index contributed by atoms with van der Waals surface area (Å²) in [6, 6.07) is 2.01. The Hall–Kier alpha value is -0.800. The van der Waals surface area contributed by atoms with E-state index >= 15 is 0 Å². The number of hydrogen-bond acceptors (Lipinski definition) is 3. The summed E-state index contributed by atoms with van der Waals surface area (Å²) in [6.45, 7) is 2.94. The maximum atomic E-state index is 6.14. The minimum Gasteiger partial charge on any atom is -0.472 e. The lowest BCUT2D eigenvalue weighted by Gasteiger charge is -2.30. The molecular formula is C11H17NO2. The zero-order chi connectivity index (χ0) is 10.0. The molecule has 1 saturated heterocycles. The second-order valence-corrected chi connectivity index (χ2v) is 4.21. The van der Waals surface area contributed by atoms with Crippen LogP contribution in [0.2, 0.25) is 0 Å². The van der Waals surface area contributed by atoms with Gasteiger partial charge in [0.2, 0.25) is 0 Å². The van der Waals surface area contributed by atoms with Crippen molar-refractivity contribution in [2.45, 2.75) is 37.8 Å². The van der Waals surface area contributed by atoms with Gasteiger partial charge in [-0.2, -0.15) is 0 Å². The van der Waals surface area contributed by atoms with Crippen LogP contribution in [0.3, 0.4) is 0 Å². The molecule has 2 heterocycles. The Morgan fingerprint density at radius 1 is 1.64 bits per heavy atom. The second-order valence-electron chi connectivity index (χ2n) is 4.21. The van der Waals surface area contributed by atoms with Crippen molar-refractivity contribution in [3.63, 3.8) is 0 Å². The zero-order valence-electron chi connectivity index (χ0n) is 8.53. The number of ether oxygens (including phenoxy) is 1. The van der Waals surface area contributed by atoms with Crippen LogP contribution in [0.4, 0.5) is 0 Å². The SMILES string of the molecule is CC1(C(N)Cc2ccoc2)CCCO1. The number of hydrogen-bond donors (Lipinski definition) is 1. The summed E-state index contributed by atoms with van der Waals surface area (Å²) < 4.78 is 10.7. The van der Waals surface area contributed by atoms with Gasteiger partial charge < -0.3 is 14.9 Å². The van der Waals surface area contributed by atoms with Crippen molar-refractivity contribution < 1.29 is 9.15 Å². The van der Waals surface area contributed by atoms with Crippen LogP contribution in [0, 0.1) is 0 Å². The Morgan fingerprint density at radius 3 is 3.07 bits per heavy atom. The fourth-order valence-electron chi connectivity index (χ4n) is 1.97. The summed E-state index contributed by atoms with van der Waals surface area (Å²) in [7, 11) is 0. The first-order chi connectivity index (χ1) is 6.71. The molecule has 0 amide bonds. The van der Waals surface area contributed by atoms with Gasteiger partial charge >= 0.3 is 0 Å². The van der Waals surface area contributed by atoms with E-state index < -0.39 is 0 Å². The molecular weight excluding hydrogens is 178 g/mol. The average Bonchev–Trinajstić information content (AvgIpc) is 2.76. The van der Waals surface area contributed by atoms with Crippen LogP contribution in [0.5, 0.6) is 0 Å². The molecule has 0 saturated carbocycles. The van der Waals surface area contributed by atoms with Crippen LogP contribution in [0.25, 0.3) is 0 Å². The van der Waals surface area contributed by atoms with E-state index in [2.05, 4.69) is 6.92 Å². The lowest BCUT2D eigenvalue weighted by Crippen LogP contribution is -2.46. The molecule has 2 unspecified atom stereocenters. The highest BCUT2D eigenvalue weighted by molar-refractivity contribution is 5.09. The van der Waals surface area contributed by atoms with Gasteiger partial charge in [0.1, 0.15) is 0 Å². The van der Waals surface area contributed by atoms with Crippen LogP contribution < -0.4 is 5.73 Å². The molecule has 0 aliphatic carbocycles. The van der Waals surface area contributed by atoms with Crippen molar-refractivity contribution in [2.75, 3.05) is 6.61 Å². The summed E-state index contributed by atoms with van der Waals surface area (Å²) in [5.74, 6) is 0. The van der Waals surface area contributed by atoms with Crippen molar-refractivity contribution in [2.24, 2.45) is 5.73 Å². The minimum atomic E-state index is -0.142. The number of rotatable bonds is 3. The van der Waals surface area contributed by atoms with Gasteiger partial charge in [-0.3, -0.25) is 0 Å². The molecule has 1 aromatic heterocycles. The van der Waals surface area contributed by atoms with E-state index in [9.17, 15) is 0 Å². The maximum absolute atomic E-state index is 6.14. The fraction of sp³-hybridized carbons (Fsp3) is 0.636. The van der Waals surface area contributed by atoms with Gasteiger partial charge in [0.15, 0.2) is 0 Å². The highest BCUT2D eigenvalue weighted by Gasteiger charge is 2.36. The predicted octanol–water partition coefficient (Wildman–Crippen LogP) is 1.72. The first-order valence-corrected chi connectivity index (χ1v) is 5.11. The third-order valence-electron chi connectivity index (χ3n) is 3.07. The van der Waals surface area contributed by atoms with Crippen LogP contribution in [0.15, 0.2) is 23.0 Å². The van der Waals surface area contributed by atoms with E-state index in [1.54, 1.807) is 12.5 Å².